The SMILES string of the molecule is N#Cc1ccc(OCc2nc(-c3cccc(Br)c3)no2)cc1. The van der Waals surface area contributed by atoms with Crippen molar-refractivity contribution in [3.05, 3.63) is 64.5 Å². The van der Waals surface area contributed by atoms with Gasteiger partial charge in [0.25, 0.3) is 5.89 Å². The molecule has 0 fully saturated rings. The molecule has 3 aromatic rings. The summed E-state index contributed by atoms with van der Waals surface area (Å²) in [5.74, 6) is 1.54. The Morgan fingerprint density at radius 2 is 2.00 bits per heavy atom. The van der Waals surface area contributed by atoms with E-state index in [0.29, 0.717) is 23.0 Å². The standard InChI is InChI=1S/C16H10BrN3O2/c17-13-3-1-2-12(8-13)16-19-15(22-20-16)10-21-14-6-4-11(9-18)5-7-14/h1-8H,10H2. The number of nitrogens with zero attached hydrogens (tertiary/aromatic N) is 3. The highest BCUT2D eigenvalue weighted by Crippen LogP contribution is 2.21. The van der Waals surface area contributed by atoms with E-state index in [1.807, 2.05) is 24.3 Å². The minimum atomic E-state index is 0.174. The minimum Gasteiger partial charge on any atom is -0.484 e. The fourth-order valence-corrected chi connectivity index (χ4v) is 2.23. The second kappa shape index (κ2) is 6.41. The van der Waals surface area contributed by atoms with Crippen molar-refractivity contribution >= 4 is 15.9 Å². The van der Waals surface area contributed by atoms with Crippen LogP contribution < -0.4 is 4.74 Å². The predicted molar refractivity (Wildman–Crippen MR) is 82.9 cm³/mol. The van der Waals surface area contributed by atoms with Gasteiger partial charge >= 0.3 is 0 Å². The van der Waals surface area contributed by atoms with Crippen molar-refractivity contribution in [2.45, 2.75) is 6.61 Å². The number of rotatable bonds is 4. The van der Waals surface area contributed by atoms with Crippen LogP contribution in [0.1, 0.15) is 11.5 Å². The van der Waals surface area contributed by atoms with E-state index in [2.05, 4.69) is 32.1 Å². The zero-order chi connectivity index (χ0) is 15.4. The third-order valence-electron chi connectivity index (χ3n) is 2.90. The van der Waals surface area contributed by atoms with Crippen LogP contribution >= 0.6 is 15.9 Å². The summed E-state index contributed by atoms with van der Waals surface area (Å²) in [4.78, 5) is 4.29. The number of nitriles is 1. The van der Waals surface area contributed by atoms with Gasteiger partial charge in [0, 0.05) is 10.0 Å². The van der Waals surface area contributed by atoms with Crippen LogP contribution in [0, 0.1) is 11.3 Å². The number of ether oxygens (including phenoxy) is 1. The van der Waals surface area contributed by atoms with Crippen LogP contribution in [-0.4, -0.2) is 10.1 Å². The van der Waals surface area contributed by atoms with Crippen LogP contribution in [-0.2, 0) is 6.61 Å². The van der Waals surface area contributed by atoms with E-state index < -0.39 is 0 Å². The van der Waals surface area contributed by atoms with Crippen molar-refractivity contribution < 1.29 is 9.26 Å². The van der Waals surface area contributed by atoms with Crippen LogP contribution in [0.2, 0.25) is 0 Å². The lowest BCUT2D eigenvalue weighted by molar-refractivity contribution is 0.243. The molecule has 6 heteroatoms. The summed E-state index contributed by atoms with van der Waals surface area (Å²) in [5, 5.41) is 12.7. The lowest BCUT2D eigenvalue weighted by atomic mass is 10.2. The van der Waals surface area contributed by atoms with Gasteiger partial charge in [-0.15, -0.1) is 0 Å². The summed E-state index contributed by atoms with van der Waals surface area (Å²) < 4.78 is 11.7. The summed E-state index contributed by atoms with van der Waals surface area (Å²) in [6.45, 7) is 0.174. The van der Waals surface area contributed by atoms with Crippen molar-refractivity contribution in [1.82, 2.24) is 10.1 Å². The highest BCUT2D eigenvalue weighted by molar-refractivity contribution is 9.10. The Bertz CT molecular complexity index is 822. The summed E-state index contributed by atoms with van der Waals surface area (Å²) in [6, 6.07) is 16.5. The molecule has 22 heavy (non-hydrogen) atoms. The second-order valence-corrected chi connectivity index (χ2v) is 5.36. The Labute approximate surface area is 135 Å². The first-order chi connectivity index (χ1) is 10.7. The van der Waals surface area contributed by atoms with Gasteiger partial charge in [0.15, 0.2) is 6.61 Å². The van der Waals surface area contributed by atoms with Crippen molar-refractivity contribution in [3.8, 4) is 23.2 Å². The molecule has 0 bridgehead atoms. The predicted octanol–water partition coefficient (Wildman–Crippen LogP) is 3.95. The Morgan fingerprint density at radius 1 is 1.18 bits per heavy atom. The van der Waals surface area contributed by atoms with Gasteiger partial charge in [0.1, 0.15) is 5.75 Å². The molecular formula is C16H10BrN3O2. The van der Waals surface area contributed by atoms with Gasteiger partial charge in [0.2, 0.25) is 5.82 Å². The zero-order valence-electron chi connectivity index (χ0n) is 11.4. The molecule has 0 amide bonds. The molecule has 0 N–H and O–H groups in total. The molecule has 5 nitrogen and oxygen atoms in total. The molecule has 1 aromatic heterocycles. The molecule has 3 rings (SSSR count). The van der Waals surface area contributed by atoms with Gasteiger partial charge in [-0.25, -0.2) is 0 Å². The number of aromatic nitrogens is 2. The molecular weight excluding hydrogens is 346 g/mol. The molecule has 0 atom stereocenters. The quantitative estimate of drug-likeness (QED) is 0.708. The molecule has 0 aliphatic heterocycles. The van der Waals surface area contributed by atoms with E-state index in [4.69, 9.17) is 14.5 Å². The van der Waals surface area contributed by atoms with Gasteiger partial charge < -0.3 is 9.26 Å². The number of hydrogen-bond donors (Lipinski definition) is 0. The van der Waals surface area contributed by atoms with Crippen LogP contribution in [0.15, 0.2) is 57.5 Å². The molecule has 0 saturated heterocycles. The monoisotopic (exact) mass is 355 g/mol. The highest BCUT2D eigenvalue weighted by atomic mass is 79.9. The van der Waals surface area contributed by atoms with Crippen molar-refractivity contribution in [1.29, 1.82) is 5.26 Å². The maximum Gasteiger partial charge on any atom is 0.264 e. The van der Waals surface area contributed by atoms with E-state index in [1.54, 1.807) is 24.3 Å². The lowest BCUT2D eigenvalue weighted by Crippen LogP contribution is -1.95. The van der Waals surface area contributed by atoms with Gasteiger partial charge in [0.05, 0.1) is 11.6 Å². The first-order valence-electron chi connectivity index (χ1n) is 6.46. The average molecular weight is 356 g/mol. The smallest absolute Gasteiger partial charge is 0.264 e. The van der Waals surface area contributed by atoms with Crippen LogP contribution in [0.4, 0.5) is 0 Å². The van der Waals surface area contributed by atoms with Gasteiger partial charge in [-0.3, -0.25) is 0 Å². The Kier molecular flexibility index (Phi) is 4.17. The van der Waals surface area contributed by atoms with Gasteiger partial charge in [-0.05, 0) is 36.4 Å². The number of hydrogen-bond acceptors (Lipinski definition) is 5. The Balaban J connectivity index is 1.68. The van der Waals surface area contributed by atoms with Crippen molar-refractivity contribution in [3.63, 3.8) is 0 Å². The number of benzene rings is 2. The highest BCUT2D eigenvalue weighted by Gasteiger charge is 2.09. The van der Waals surface area contributed by atoms with Crippen molar-refractivity contribution in [2.75, 3.05) is 0 Å². The zero-order valence-corrected chi connectivity index (χ0v) is 12.9. The summed E-state index contributed by atoms with van der Waals surface area (Å²) in [5.41, 5.74) is 1.45. The molecule has 0 aliphatic carbocycles. The van der Waals surface area contributed by atoms with E-state index in [0.717, 1.165) is 10.0 Å². The summed E-state index contributed by atoms with van der Waals surface area (Å²) in [6.07, 6.45) is 0. The lowest BCUT2D eigenvalue weighted by Gasteiger charge is -2.02. The topological polar surface area (TPSA) is 71.9 Å². The molecule has 0 radical (unpaired) electrons. The van der Waals surface area contributed by atoms with E-state index in [1.165, 1.54) is 0 Å². The minimum absolute atomic E-state index is 0.174. The first kappa shape index (κ1) is 14.3. The van der Waals surface area contributed by atoms with E-state index >= 15 is 0 Å². The van der Waals surface area contributed by atoms with E-state index in [-0.39, 0.29) is 6.61 Å². The fourth-order valence-electron chi connectivity index (χ4n) is 1.83. The maximum atomic E-state index is 8.74. The van der Waals surface area contributed by atoms with Crippen LogP contribution in [0.25, 0.3) is 11.4 Å². The number of halogens is 1. The maximum absolute atomic E-state index is 8.74. The van der Waals surface area contributed by atoms with Crippen LogP contribution in [0.3, 0.4) is 0 Å². The second-order valence-electron chi connectivity index (χ2n) is 4.45. The normalized spacial score (nSPS) is 10.2. The fraction of sp³-hybridized carbons (Fsp3) is 0.0625. The third kappa shape index (κ3) is 3.32. The van der Waals surface area contributed by atoms with Gasteiger partial charge in [-0.2, -0.15) is 10.2 Å². The molecule has 0 saturated carbocycles. The molecule has 2 aromatic carbocycles. The Morgan fingerprint density at radius 3 is 2.73 bits per heavy atom. The average Bonchev–Trinajstić information content (AvgIpc) is 3.02. The molecule has 108 valence electrons. The Hall–Kier alpha value is -2.65. The summed E-state index contributed by atoms with van der Waals surface area (Å²) >= 11 is 3.41. The molecule has 0 aliphatic rings. The largest absolute Gasteiger partial charge is 0.484 e. The van der Waals surface area contributed by atoms with Crippen LogP contribution in [0.5, 0.6) is 5.75 Å². The molecule has 0 unspecified atom stereocenters. The van der Waals surface area contributed by atoms with E-state index in [9.17, 15) is 0 Å². The van der Waals surface area contributed by atoms with Crippen molar-refractivity contribution in [2.24, 2.45) is 0 Å². The molecule has 1 heterocycles. The van der Waals surface area contributed by atoms with Gasteiger partial charge in [-0.1, -0.05) is 33.2 Å². The third-order valence-corrected chi connectivity index (χ3v) is 3.39. The summed E-state index contributed by atoms with van der Waals surface area (Å²) in [7, 11) is 0. The first-order valence-corrected chi connectivity index (χ1v) is 7.25. The molecule has 0 spiro atoms.